The zero-order valence-electron chi connectivity index (χ0n) is 9.81. The molecule has 1 N–H and O–H groups in total. The van der Waals surface area contributed by atoms with E-state index in [0.29, 0.717) is 17.3 Å². The monoisotopic (exact) mass is 265 g/mol. The van der Waals surface area contributed by atoms with Gasteiger partial charge in [-0.05, 0) is 18.2 Å². The summed E-state index contributed by atoms with van der Waals surface area (Å²) < 4.78 is 5.25. The lowest BCUT2D eigenvalue weighted by atomic mass is 10.1. The number of carbonyl (C=O) groups is 1. The van der Waals surface area contributed by atoms with Crippen molar-refractivity contribution in [1.82, 2.24) is 10.2 Å². The third kappa shape index (κ3) is 2.34. The quantitative estimate of drug-likeness (QED) is 0.850. The number of nitrogens with zero attached hydrogens (tertiary/aromatic N) is 2. The molecule has 1 saturated heterocycles. The fraction of sp³-hybridized carbons (Fsp3) is 0.333. The van der Waals surface area contributed by atoms with Gasteiger partial charge in [-0.3, -0.25) is 0 Å². The molecule has 0 bridgehead atoms. The second-order valence-electron chi connectivity index (χ2n) is 3.93. The Labute approximate surface area is 110 Å². The van der Waals surface area contributed by atoms with Crippen molar-refractivity contribution < 1.29 is 9.53 Å². The molecule has 2 amide bonds. The summed E-state index contributed by atoms with van der Waals surface area (Å²) in [5, 5.41) is 12.0. The molecule has 1 atom stereocenters. The van der Waals surface area contributed by atoms with Crippen LogP contribution in [0.4, 0.5) is 4.79 Å². The molecule has 1 aromatic carbocycles. The molecule has 0 aromatic heterocycles. The molecule has 0 saturated carbocycles. The van der Waals surface area contributed by atoms with E-state index < -0.39 is 0 Å². The predicted molar refractivity (Wildman–Crippen MR) is 66.5 cm³/mol. The van der Waals surface area contributed by atoms with Gasteiger partial charge < -0.3 is 15.0 Å². The van der Waals surface area contributed by atoms with Crippen LogP contribution in [0.3, 0.4) is 0 Å². The van der Waals surface area contributed by atoms with Gasteiger partial charge in [0.1, 0.15) is 12.3 Å². The van der Waals surface area contributed by atoms with Gasteiger partial charge in [0.15, 0.2) is 0 Å². The van der Waals surface area contributed by atoms with Crippen molar-refractivity contribution in [2.45, 2.75) is 6.04 Å². The number of benzene rings is 1. The molecule has 94 valence electrons. The maximum atomic E-state index is 11.6. The highest BCUT2D eigenvalue weighted by Crippen LogP contribution is 2.31. The standard InChI is InChI=1S/C12H12ClN3O2/c1-18-11-3-2-8(13)6-9(11)10-7-16(5-4-14)12(17)15-10/h2-3,6,10H,5,7H2,1H3,(H,15,17). The molecular weight excluding hydrogens is 254 g/mol. The Hall–Kier alpha value is -1.93. The van der Waals surface area contributed by atoms with Crippen molar-refractivity contribution in [3.63, 3.8) is 0 Å². The lowest BCUT2D eigenvalue weighted by Gasteiger charge is -2.14. The minimum Gasteiger partial charge on any atom is -0.496 e. The maximum absolute atomic E-state index is 11.6. The molecule has 0 radical (unpaired) electrons. The van der Waals surface area contributed by atoms with E-state index in [1.54, 1.807) is 25.3 Å². The Morgan fingerprint density at radius 1 is 1.67 bits per heavy atom. The smallest absolute Gasteiger partial charge is 0.318 e. The fourth-order valence-corrected chi connectivity index (χ4v) is 2.15. The first-order chi connectivity index (χ1) is 8.65. The van der Waals surface area contributed by atoms with E-state index in [4.69, 9.17) is 21.6 Å². The average molecular weight is 266 g/mol. The largest absolute Gasteiger partial charge is 0.496 e. The van der Waals surface area contributed by atoms with Crippen molar-refractivity contribution in [2.24, 2.45) is 0 Å². The van der Waals surface area contributed by atoms with Gasteiger partial charge in [0.2, 0.25) is 0 Å². The number of hydrogen-bond donors (Lipinski definition) is 1. The number of nitriles is 1. The van der Waals surface area contributed by atoms with Gasteiger partial charge in [-0.15, -0.1) is 0 Å². The number of nitrogens with one attached hydrogen (secondary N) is 1. The molecule has 2 rings (SSSR count). The van der Waals surface area contributed by atoms with E-state index in [1.165, 1.54) is 4.90 Å². The number of rotatable bonds is 3. The average Bonchev–Trinajstić information content (AvgIpc) is 2.71. The zero-order valence-corrected chi connectivity index (χ0v) is 10.6. The number of hydrogen-bond acceptors (Lipinski definition) is 3. The predicted octanol–water partition coefficient (Wildman–Crippen LogP) is 1.94. The van der Waals surface area contributed by atoms with Crippen molar-refractivity contribution in [3.05, 3.63) is 28.8 Å². The molecule has 0 aliphatic carbocycles. The van der Waals surface area contributed by atoms with Crippen molar-refractivity contribution in [3.8, 4) is 11.8 Å². The summed E-state index contributed by atoms with van der Waals surface area (Å²) in [6.07, 6.45) is 0. The van der Waals surface area contributed by atoms with Gasteiger partial charge >= 0.3 is 6.03 Å². The third-order valence-corrected chi connectivity index (χ3v) is 3.05. The Morgan fingerprint density at radius 2 is 2.44 bits per heavy atom. The summed E-state index contributed by atoms with van der Waals surface area (Å²) in [7, 11) is 1.57. The fourth-order valence-electron chi connectivity index (χ4n) is 1.96. The number of methoxy groups -OCH3 is 1. The van der Waals surface area contributed by atoms with Crippen molar-refractivity contribution >= 4 is 17.6 Å². The summed E-state index contributed by atoms with van der Waals surface area (Å²) in [6.45, 7) is 0.508. The van der Waals surface area contributed by atoms with Crippen LogP contribution in [-0.4, -0.2) is 31.1 Å². The molecule has 1 aromatic rings. The number of carbonyl (C=O) groups excluding carboxylic acids is 1. The van der Waals surface area contributed by atoms with Crippen LogP contribution in [0.2, 0.25) is 5.02 Å². The lowest BCUT2D eigenvalue weighted by molar-refractivity contribution is 0.222. The van der Waals surface area contributed by atoms with Gasteiger partial charge in [0, 0.05) is 17.1 Å². The van der Waals surface area contributed by atoms with E-state index in [-0.39, 0.29) is 18.6 Å². The molecule has 1 fully saturated rings. The maximum Gasteiger partial charge on any atom is 0.318 e. The van der Waals surface area contributed by atoms with E-state index >= 15 is 0 Å². The van der Waals surface area contributed by atoms with Crippen LogP contribution >= 0.6 is 11.6 Å². The van der Waals surface area contributed by atoms with Crippen LogP contribution in [0.15, 0.2) is 18.2 Å². The minimum absolute atomic E-state index is 0.0746. The second kappa shape index (κ2) is 5.15. The van der Waals surface area contributed by atoms with Crippen LogP contribution in [0.5, 0.6) is 5.75 Å². The highest BCUT2D eigenvalue weighted by molar-refractivity contribution is 6.30. The highest BCUT2D eigenvalue weighted by Gasteiger charge is 2.31. The molecule has 1 heterocycles. The molecule has 18 heavy (non-hydrogen) atoms. The van der Waals surface area contributed by atoms with Gasteiger partial charge in [-0.2, -0.15) is 5.26 Å². The molecular formula is C12H12ClN3O2. The van der Waals surface area contributed by atoms with Gasteiger partial charge in [0.25, 0.3) is 0 Å². The number of urea groups is 1. The number of halogens is 1. The zero-order chi connectivity index (χ0) is 13.1. The van der Waals surface area contributed by atoms with E-state index in [9.17, 15) is 4.79 Å². The van der Waals surface area contributed by atoms with Gasteiger partial charge in [0.05, 0.1) is 19.2 Å². The normalized spacial score (nSPS) is 18.4. The number of amides is 2. The lowest BCUT2D eigenvalue weighted by Crippen LogP contribution is -2.28. The number of ether oxygens (including phenoxy) is 1. The third-order valence-electron chi connectivity index (χ3n) is 2.82. The summed E-state index contributed by atoms with van der Waals surface area (Å²) in [6, 6.07) is 6.76. The molecule has 1 aliphatic heterocycles. The second-order valence-corrected chi connectivity index (χ2v) is 4.36. The Kier molecular flexibility index (Phi) is 3.58. The van der Waals surface area contributed by atoms with Crippen LogP contribution in [0, 0.1) is 11.3 Å². The van der Waals surface area contributed by atoms with Crippen LogP contribution in [0.1, 0.15) is 11.6 Å². The topological polar surface area (TPSA) is 65.4 Å². The summed E-state index contributed by atoms with van der Waals surface area (Å²) in [5.74, 6) is 0.670. The van der Waals surface area contributed by atoms with Crippen molar-refractivity contribution in [1.29, 1.82) is 5.26 Å². The van der Waals surface area contributed by atoms with Gasteiger partial charge in [-0.25, -0.2) is 4.79 Å². The molecule has 0 spiro atoms. The molecule has 1 aliphatic rings. The minimum atomic E-state index is -0.247. The summed E-state index contributed by atoms with van der Waals surface area (Å²) >= 11 is 5.95. The summed E-state index contributed by atoms with van der Waals surface area (Å²) in [5.41, 5.74) is 0.818. The molecule has 6 heteroatoms. The first-order valence-electron chi connectivity index (χ1n) is 5.41. The van der Waals surface area contributed by atoms with Crippen LogP contribution in [-0.2, 0) is 0 Å². The first kappa shape index (κ1) is 12.5. The van der Waals surface area contributed by atoms with Gasteiger partial charge in [-0.1, -0.05) is 11.6 Å². The van der Waals surface area contributed by atoms with E-state index in [2.05, 4.69) is 5.32 Å². The van der Waals surface area contributed by atoms with E-state index in [1.807, 2.05) is 6.07 Å². The van der Waals surface area contributed by atoms with Crippen LogP contribution < -0.4 is 10.1 Å². The summed E-state index contributed by atoms with van der Waals surface area (Å²) in [4.78, 5) is 13.1. The SMILES string of the molecule is COc1ccc(Cl)cc1C1CN(CC#N)C(=O)N1. The highest BCUT2D eigenvalue weighted by atomic mass is 35.5. The molecule has 1 unspecified atom stereocenters. The molecule has 5 nitrogen and oxygen atoms in total. The van der Waals surface area contributed by atoms with E-state index in [0.717, 1.165) is 5.56 Å². The van der Waals surface area contributed by atoms with Crippen molar-refractivity contribution in [2.75, 3.05) is 20.2 Å². The van der Waals surface area contributed by atoms with Crippen LogP contribution in [0.25, 0.3) is 0 Å². The Balaban J connectivity index is 2.26. The first-order valence-corrected chi connectivity index (χ1v) is 5.79. The Morgan fingerprint density at radius 3 is 3.11 bits per heavy atom. The Bertz CT molecular complexity index is 513.